The largest absolute Gasteiger partial charge is 0.290 e. The molecule has 3 rings (SSSR count). The Labute approximate surface area is 145 Å². The molecule has 1 aromatic heterocycles. The van der Waals surface area contributed by atoms with Crippen LogP contribution in [0.2, 0.25) is 0 Å². The predicted octanol–water partition coefficient (Wildman–Crippen LogP) is 4.37. The van der Waals surface area contributed by atoms with Crippen LogP contribution in [0.25, 0.3) is 17.3 Å². The van der Waals surface area contributed by atoms with Gasteiger partial charge in [-0.1, -0.05) is 39.0 Å². The van der Waals surface area contributed by atoms with Crippen molar-refractivity contribution < 1.29 is 9.59 Å². The van der Waals surface area contributed by atoms with E-state index < -0.39 is 0 Å². The Balaban J connectivity index is 1.96. The van der Waals surface area contributed by atoms with Gasteiger partial charge in [-0.25, -0.2) is 0 Å². The van der Waals surface area contributed by atoms with Gasteiger partial charge in [0.05, 0.1) is 10.6 Å². The van der Waals surface area contributed by atoms with Gasteiger partial charge in [-0.05, 0) is 52.6 Å². The highest BCUT2D eigenvalue weighted by Crippen LogP contribution is 2.29. The molecule has 0 spiro atoms. The minimum Gasteiger partial charge on any atom is -0.282 e. The lowest BCUT2D eigenvalue weighted by Crippen LogP contribution is -2.17. The first-order chi connectivity index (χ1) is 11.3. The molecule has 2 aromatic rings. The second-order valence-electron chi connectivity index (χ2n) is 6.66. The third-order valence-corrected chi connectivity index (χ3v) is 4.56. The van der Waals surface area contributed by atoms with Gasteiger partial charge in [-0.2, -0.15) is 0 Å². The Morgan fingerprint density at radius 2 is 1.92 bits per heavy atom. The van der Waals surface area contributed by atoms with Crippen molar-refractivity contribution in [1.29, 1.82) is 0 Å². The van der Waals surface area contributed by atoms with Crippen LogP contribution in [-0.2, 0) is 10.2 Å². The molecule has 0 saturated carbocycles. The van der Waals surface area contributed by atoms with Crippen LogP contribution in [0.1, 0.15) is 31.9 Å². The zero-order valence-corrected chi connectivity index (χ0v) is 14.6. The zero-order valence-electron chi connectivity index (χ0n) is 13.8. The number of thioether (sulfide) groups is 1. The standard InChI is InChI=1S/C19H18N2O2S/c1-19(2,3)14-6-4-5-13(11-14)15-9-12(7-8-20-15)10-16-17(22)21-18(23)24-16/h4-11H,1-3H3,(H,21,22,23)/b16-10-. The van der Waals surface area contributed by atoms with Gasteiger partial charge in [0.1, 0.15) is 0 Å². The highest BCUT2D eigenvalue weighted by Gasteiger charge is 2.25. The number of nitrogens with one attached hydrogen (secondary N) is 1. The van der Waals surface area contributed by atoms with Crippen LogP contribution in [0.5, 0.6) is 0 Å². The van der Waals surface area contributed by atoms with Gasteiger partial charge in [-0.3, -0.25) is 19.9 Å². The Morgan fingerprint density at radius 1 is 1.12 bits per heavy atom. The number of imide groups is 1. The molecule has 2 amide bonds. The van der Waals surface area contributed by atoms with Crippen LogP contribution in [0.4, 0.5) is 4.79 Å². The van der Waals surface area contributed by atoms with E-state index in [1.54, 1.807) is 12.3 Å². The normalized spacial score (nSPS) is 16.5. The van der Waals surface area contributed by atoms with Crippen LogP contribution in [0, 0.1) is 0 Å². The number of carbonyl (C=O) groups is 2. The lowest BCUT2D eigenvalue weighted by molar-refractivity contribution is -0.115. The second-order valence-corrected chi connectivity index (χ2v) is 7.67. The number of benzene rings is 1. The van der Waals surface area contributed by atoms with E-state index in [0.29, 0.717) is 4.91 Å². The smallest absolute Gasteiger partial charge is 0.282 e. The maximum Gasteiger partial charge on any atom is 0.290 e. The van der Waals surface area contributed by atoms with Gasteiger partial charge in [0, 0.05) is 11.8 Å². The van der Waals surface area contributed by atoms with E-state index in [-0.39, 0.29) is 16.6 Å². The Kier molecular flexibility index (Phi) is 4.28. The Hall–Kier alpha value is -2.40. The molecule has 1 N–H and O–H groups in total. The van der Waals surface area contributed by atoms with E-state index in [9.17, 15) is 9.59 Å². The van der Waals surface area contributed by atoms with Crippen molar-refractivity contribution in [3.8, 4) is 11.3 Å². The fraction of sp³-hybridized carbons (Fsp3) is 0.211. The number of amides is 2. The third-order valence-electron chi connectivity index (χ3n) is 3.75. The summed E-state index contributed by atoms with van der Waals surface area (Å²) in [6.45, 7) is 6.52. The topological polar surface area (TPSA) is 59.1 Å². The van der Waals surface area contributed by atoms with Crippen LogP contribution < -0.4 is 5.32 Å². The minimum absolute atomic E-state index is 0.0640. The predicted molar refractivity (Wildman–Crippen MR) is 97.5 cm³/mol. The molecule has 0 bridgehead atoms. The molecule has 1 fully saturated rings. The lowest BCUT2D eigenvalue weighted by atomic mass is 9.86. The molecule has 1 aliphatic heterocycles. The van der Waals surface area contributed by atoms with Crippen molar-refractivity contribution in [2.75, 3.05) is 0 Å². The molecule has 0 aliphatic carbocycles. The number of hydrogen-bond donors (Lipinski definition) is 1. The first-order valence-electron chi connectivity index (χ1n) is 7.65. The summed E-state index contributed by atoms with van der Waals surface area (Å²) in [5.41, 5.74) is 4.01. The molecule has 122 valence electrons. The summed E-state index contributed by atoms with van der Waals surface area (Å²) in [4.78, 5) is 27.8. The molecular weight excluding hydrogens is 320 g/mol. The SMILES string of the molecule is CC(C)(C)c1cccc(-c2cc(/C=C3\SC(=O)NC3=O)ccn2)c1. The average molecular weight is 338 g/mol. The van der Waals surface area contributed by atoms with Crippen molar-refractivity contribution in [2.24, 2.45) is 0 Å². The minimum atomic E-state index is -0.349. The summed E-state index contributed by atoms with van der Waals surface area (Å²) in [7, 11) is 0. The average Bonchev–Trinajstić information content (AvgIpc) is 2.84. The summed E-state index contributed by atoms with van der Waals surface area (Å²) < 4.78 is 0. The maximum absolute atomic E-state index is 11.7. The van der Waals surface area contributed by atoms with E-state index in [2.05, 4.69) is 43.2 Å². The molecule has 1 aromatic carbocycles. The number of pyridine rings is 1. The van der Waals surface area contributed by atoms with Crippen LogP contribution >= 0.6 is 11.8 Å². The van der Waals surface area contributed by atoms with Gasteiger partial charge in [0.2, 0.25) is 0 Å². The van der Waals surface area contributed by atoms with Gasteiger partial charge >= 0.3 is 0 Å². The summed E-state index contributed by atoms with van der Waals surface area (Å²) >= 11 is 0.917. The van der Waals surface area contributed by atoms with E-state index in [1.807, 2.05) is 24.3 Å². The fourth-order valence-corrected chi connectivity index (χ4v) is 3.09. The van der Waals surface area contributed by atoms with E-state index in [0.717, 1.165) is 28.6 Å². The number of nitrogens with zero attached hydrogens (tertiary/aromatic N) is 1. The Bertz CT molecular complexity index is 850. The lowest BCUT2D eigenvalue weighted by Gasteiger charge is -2.19. The van der Waals surface area contributed by atoms with Crippen molar-refractivity contribution in [1.82, 2.24) is 10.3 Å². The first kappa shape index (κ1) is 16.5. The van der Waals surface area contributed by atoms with Crippen molar-refractivity contribution >= 4 is 29.0 Å². The van der Waals surface area contributed by atoms with Crippen molar-refractivity contribution in [2.45, 2.75) is 26.2 Å². The highest BCUT2D eigenvalue weighted by molar-refractivity contribution is 8.18. The molecule has 4 nitrogen and oxygen atoms in total. The molecule has 0 atom stereocenters. The summed E-state index contributed by atoms with van der Waals surface area (Å²) in [5, 5.41) is 1.92. The quantitative estimate of drug-likeness (QED) is 0.826. The third kappa shape index (κ3) is 3.57. The first-order valence-corrected chi connectivity index (χ1v) is 8.46. The van der Waals surface area contributed by atoms with E-state index in [1.165, 1.54) is 5.56 Å². The number of hydrogen-bond acceptors (Lipinski definition) is 4. The fourth-order valence-electron chi connectivity index (χ4n) is 2.41. The molecule has 1 saturated heterocycles. The zero-order chi connectivity index (χ0) is 17.3. The summed E-state index contributed by atoms with van der Waals surface area (Å²) in [6, 6.07) is 12.0. The Morgan fingerprint density at radius 3 is 2.58 bits per heavy atom. The van der Waals surface area contributed by atoms with E-state index in [4.69, 9.17) is 0 Å². The van der Waals surface area contributed by atoms with Gasteiger partial charge < -0.3 is 0 Å². The van der Waals surface area contributed by atoms with Gasteiger partial charge in [-0.15, -0.1) is 0 Å². The molecule has 0 radical (unpaired) electrons. The van der Waals surface area contributed by atoms with Crippen LogP contribution in [0.3, 0.4) is 0 Å². The molecular formula is C19H18N2O2S. The van der Waals surface area contributed by atoms with Crippen LogP contribution in [0.15, 0.2) is 47.5 Å². The molecule has 24 heavy (non-hydrogen) atoms. The molecule has 5 heteroatoms. The summed E-state index contributed by atoms with van der Waals surface area (Å²) in [6.07, 6.45) is 3.43. The van der Waals surface area contributed by atoms with Crippen molar-refractivity contribution in [3.63, 3.8) is 0 Å². The number of rotatable bonds is 2. The summed E-state index contributed by atoms with van der Waals surface area (Å²) in [5.74, 6) is -0.349. The van der Waals surface area contributed by atoms with Crippen LogP contribution in [-0.4, -0.2) is 16.1 Å². The van der Waals surface area contributed by atoms with Gasteiger partial charge in [0.25, 0.3) is 11.1 Å². The molecule has 0 unspecified atom stereocenters. The van der Waals surface area contributed by atoms with Crippen molar-refractivity contribution in [3.05, 3.63) is 58.6 Å². The van der Waals surface area contributed by atoms with Gasteiger partial charge in [0.15, 0.2) is 0 Å². The maximum atomic E-state index is 11.7. The highest BCUT2D eigenvalue weighted by atomic mass is 32.2. The molecule has 2 heterocycles. The second kappa shape index (κ2) is 6.24. The molecule has 1 aliphatic rings. The number of aromatic nitrogens is 1. The number of carbonyl (C=O) groups excluding carboxylic acids is 2. The van der Waals surface area contributed by atoms with E-state index >= 15 is 0 Å². The monoisotopic (exact) mass is 338 g/mol.